The van der Waals surface area contributed by atoms with Gasteiger partial charge < -0.3 is 5.73 Å². The van der Waals surface area contributed by atoms with Crippen LogP contribution in [0.5, 0.6) is 0 Å². The maximum Gasteiger partial charge on any atom is 0.00105 e. The molecule has 0 aliphatic rings. The van der Waals surface area contributed by atoms with Gasteiger partial charge in [-0.2, -0.15) is 0 Å². The van der Waals surface area contributed by atoms with Crippen LogP contribution in [0.25, 0.3) is 0 Å². The second-order valence-electron chi connectivity index (χ2n) is 7.76. The third-order valence-corrected chi connectivity index (χ3v) is 3.69. The number of nitrogens with two attached hydrogens (primary N) is 1. The number of aryl methyl sites for hydroxylation is 1. The fraction of sp³-hybridized carbons (Fsp3) is 0.684. The zero-order chi connectivity index (χ0) is 15.3. The van der Waals surface area contributed by atoms with Crippen molar-refractivity contribution in [3.63, 3.8) is 0 Å². The fourth-order valence-corrected chi connectivity index (χ4v) is 2.56. The Hall–Kier alpha value is -0.820. The highest BCUT2D eigenvalue weighted by Gasteiger charge is 2.15. The molecule has 0 spiro atoms. The molecule has 0 saturated carbocycles. The van der Waals surface area contributed by atoms with Crippen LogP contribution in [0.4, 0.5) is 0 Å². The first kappa shape index (κ1) is 17.2. The van der Waals surface area contributed by atoms with Gasteiger partial charge in [0.1, 0.15) is 0 Å². The first-order valence-corrected chi connectivity index (χ1v) is 8.07. The highest BCUT2D eigenvalue weighted by Crippen LogP contribution is 2.26. The molecular formula is C19H33N. The lowest BCUT2D eigenvalue weighted by Crippen LogP contribution is -2.15. The maximum atomic E-state index is 5.85. The van der Waals surface area contributed by atoms with Crippen LogP contribution in [0, 0.1) is 5.92 Å². The Labute approximate surface area is 126 Å². The summed E-state index contributed by atoms with van der Waals surface area (Å²) in [6.45, 7) is 13.6. The quantitative estimate of drug-likeness (QED) is 0.789. The molecular weight excluding hydrogens is 242 g/mol. The van der Waals surface area contributed by atoms with Crippen LogP contribution >= 0.6 is 0 Å². The van der Waals surface area contributed by atoms with E-state index in [1.807, 2.05) is 0 Å². The minimum Gasteiger partial charge on any atom is -0.328 e. The summed E-state index contributed by atoms with van der Waals surface area (Å²) in [5.41, 5.74) is 10.5. The summed E-state index contributed by atoms with van der Waals surface area (Å²) in [6, 6.07) is 7.51. The van der Waals surface area contributed by atoms with Crippen LogP contribution in [0.15, 0.2) is 18.2 Å². The van der Waals surface area contributed by atoms with Crippen molar-refractivity contribution in [2.45, 2.75) is 78.7 Å². The van der Waals surface area contributed by atoms with Crippen LogP contribution in [-0.4, -0.2) is 6.04 Å². The second-order valence-corrected chi connectivity index (χ2v) is 7.76. The highest BCUT2D eigenvalue weighted by molar-refractivity contribution is 5.34. The second kappa shape index (κ2) is 7.26. The summed E-state index contributed by atoms with van der Waals surface area (Å²) in [5, 5.41) is 0. The van der Waals surface area contributed by atoms with Crippen molar-refractivity contribution < 1.29 is 0 Å². The minimum atomic E-state index is 0.225. The molecule has 2 N–H and O–H groups in total. The summed E-state index contributed by atoms with van der Waals surface area (Å²) < 4.78 is 0. The van der Waals surface area contributed by atoms with Gasteiger partial charge >= 0.3 is 0 Å². The predicted octanol–water partition coefficient (Wildman–Crippen LogP) is 4.85. The topological polar surface area (TPSA) is 26.0 Å². The standard InChI is InChI=1S/C19H33N/c1-14(2)10-17-11-16(9-7-8-15(3)20)12-18(13-17)19(4,5)6/h11-15H,7-10,20H2,1-6H3/t15-/m0/s1. The maximum absolute atomic E-state index is 5.85. The van der Waals surface area contributed by atoms with Gasteiger partial charge in [-0.05, 0) is 60.6 Å². The van der Waals surface area contributed by atoms with Crippen LogP contribution in [0.1, 0.15) is 71.1 Å². The van der Waals surface area contributed by atoms with E-state index >= 15 is 0 Å². The van der Waals surface area contributed by atoms with Gasteiger partial charge in [0.05, 0.1) is 0 Å². The number of hydrogen-bond acceptors (Lipinski definition) is 1. The lowest BCUT2D eigenvalue weighted by molar-refractivity contribution is 0.582. The van der Waals surface area contributed by atoms with Crippen LogP contribution < -0.4 is 5.73 Å². The van der Waals surface area contributed by atoms with Crippen molar-refractivity contribution in [1.82, 2.24) is 0 Å². The Morgan fingerprint density at radius 3 is 2.10 bits per heavy atom. The van der Waals surface area contributed by atoms with Gasteiger partial charge in [0, 0.05) is 6.04 Å². The summed E-state index contributed by atoms with van der Waals surface area (Å²) in [6.07, 6.45) is 4.62. The van der Waals surface area contributed by atoms with E-state index in [-0.39, 0.29) is 5.41 Å². The monoisotopic (exact) mass is 275 g/mol. The first-order chi connectivity index (χ1) is 9.18. The van der Waals surface area contributed by atoms with Gasteiger partial charge in [0.2, 0.25) is 0 Å². The molecule has 114 valence electrons. The molecule has 1 aromatic carbocycles. The van der Waals surface area contributed by atoms with Gasteiger partial charge in [0.15, 0.2) is 0 Å². The Kier molecular flexibility index (Phi) is 6.26. The largest absolute Gasteiger partial charge is 0.328 e. The molecule has 0 aliphatic carbocycles. The van der Waals surface area contributed by atoms with E-state index in [1.165, 1.54) is 29.5 Å². The number of benzene rings is 1. The summed E-state index contributed by atoms with van der Waals surface area (Å²) in [5.74, 6) is 0.710. The van der Waals surface area contributed by atoms with Crippen molar-refractivity contribution in [3.8, 4) is 0 Å². The van der Waals surface area contributed by atoms with Crippen molar-refractivity contribution in [1.29, 1.82) is 0 Å². The predicted molar refractivity (Wildman–Crippen MR) is 90.3 cm³/mol. The van der Waals surface area contributed by atoms with Gasteiger partial charge in [-0.15, -0.1) is 0 Å². The minimum absolute atomic E-state index is 0.225. The van der Waals surface area contributed by atoms with Crippen LogP contribution in [0.2, 0.25) is 0 Å². The van der Waals surface area contributed by atoms with E-state index in [4.69, 9.17) is 5.73 Å². The van der Waals surface area contributed by atoms with Crippen molar-refractivity contribution in [2.24, 2.45) is 11.7 Å². The molecule has 0 radical (unpaired) electrons. The van der Waals surface area contributed by atoms with Crippen LogP contribution in [-0.2, 0) is 18.3 Å². The summed E-state index contributed by atoms with van der Waals surface area (Å²) in [7, 11) is 0. The van der Waals surface area contributed by atoms with Gasteiger partial charge in [-0.25, -0.2) is 0 Å². The van der Waals surface area contributed by atoms with Crippen molar-refractivity contribution in [3.05, 3.63) is 34.9 Å². The average Bonchev–Trinajstić information content (AvgIpc) is 2.25. The van der Waals surface area contributed by atoms with E-state index in [0.29, 0.717) is 12.0 Å². The summed E-state index contributed by atoms with van der Waals surface area (Å²) in [4.78, 5) is 0. The molecule has 20 heavy (non-hydrogen) atoms. The van der Waals surface area contributed by atoms with Gasteiger partial charge in [0.25, 0.3) is 0 Å². The van der Waals surface area contributed by atoms with Gasteiger partial charge in [-0.1, -0.05) is 52.8 Å². The average molecular weight is 275 g/mol. The third-order valence-electron chi connectivity index (χ3n) is 3.69. The molecule has 0 heterocycles. The molecule has 1 aromatic rings. The molecule has 0 bridgehead atoms. The molecule has 1 heteroatoms. The zero-order valence-electron chi connectivity index (χ0n) is 14.3. The highest BCUT2D eigenvalue weighted by atomic mass is 14.6. The first-order valence-electron chi connectivity index (χ1n) is 8.07. The Bertz CT molecular complexity index is 410. The molecule has 0 fully saturated rings. The lowest BCUT2D eigenvalue weighted by Gasteiger charge is -2.22. The molecule has 1 atom stereocenters. The molecule has 0 unspecified atom stereocenters. The van der Waals surface area contributed by atoms with Crippen LogP contribution in [0.3, 0.4) is 0 Å². The Morgan fingerprint density at radius 2 is 1.60 bits per heavy atom. The van der Waals surface area contributed by atoms with Crippen molar-refractivity contribution >= 4 is 0 Å². The van der Waals surface area contributed by atoms with E-state index < -0.39 is 0 Å². The third kappa shape index (κ3) is 6.09. The molecule has 1 nitrogen and oxygen atoms in total. The van der Waals surface area contributed by atoms with E-state index in [9.17, 15) is 0 Å². The normalized spacial score (nSPS) is 13.8. The summed E-state index contributed by atoms with van der Waals surface area (Å²) >= 11 is 0. The SMILES string of the molecule is CC(C)Cc1cc(CCC[C@H](C)N)cc(C(C)(C)C)c1. The Morgan fingerprint density at radius 1 is 1.00 bits per heavy atom. The lowest BCUT2D eigenvalue weighted by atomic mass is 9.83. The van der Waals surface area contributed by atoms with E-state index in [1.54, 1.807) is 0 Å². The van der Waals surface area contributed by atoms with E-state index in [0.717, 1.165) is 12.8 Å². The molecule has 0 aromatic heterocycles. The molecule has 0 amide bonds. The molecule has 0 aliphatic heterocycles. The Balaban J connectivity index is 2.92. The number of hydrogen-bond donors (Lipinski definition) is 1. The molecule has 0 saturated heterocycles. The smallest absolute Gasteiger partial charge is 0.00105 e. The fourth-order valence-electron chi connectivity index (χ4n) is 2.56. The van der Waals surface area contributed by atoms with Crippen molar-refractivity contribution in [2.75, 3.05) is 0 Å². The zero-order valence-corrected chi connectivity index (χ0v) is 14.3. The van der Waals surface area contributed by atoms with Gasteiger partial charge in [-0.3, -0.25) is 0 Å². The molecule has 1 rings (SSSR count). The number of rotatable bonds is 6. The van der Waals surface area contributed by atoms with E-state index in [2.05, 4.69) is 59.7 Å².